The zero-order valence-electron chi connectivity index (χ0n) is 18.4. The third-order valence-electron chi connectivity index (χ3n) is 5.69. The molecule has 2 atom stereocenters. The van der Waals surface area contributed by atoms with Gasteiger partial charge in [0, 0.05) is 11.1 Å². The van der Waals surface area contributed by atoms with Crippen molar-refractivity contribution >= 4 is 21.9 Å². The van der Waals surface area contributed by atoms with Crippen LogP contribution in [0, 0.1) is 18.6 Å². The molecule has 1 amide bonds. The van der Waals surface area contributed by atoms with E-state index in [0.717, 1.165) is 23.8 Å². The normalized spacial score (nSPS) is 17.9. The molecule has 1 aliphatic rings. The van der Waals surface area contributed by atoms with Gasteiger partial charge in [0.15, 0.2) is 0 Å². The monoisotopic (exact) mass is 485 g/mol. The quantitative estimate of drug-likeness (QED) is 0.497. The largest absolute Gasteiger partial charge is 0.465 e. The lowest BCUT2D eigenvalue weighted by molar-refractivity contribution is -0.146. The Kier molecular flexibility index (Phi) is 6.22. The number of ether oxygens (including phenoxy) is 1. The standard InChI is InChI=1S/C25H21F2NO5S/c1-3-33-25(30)22-18-6-4-5-7-19(18)24(29)28(23(22)20-14-16(26)10-13-21(20)27)34(31,32)17-11-8-15(2)9-12-17/h4-14,22-23H,3H2,1-2H3. The van der Waals surface area contributed by atoms with E-state index in [1.807, 2.05) is 0 Å². The summed E-state index contributed by atoms with van der Waals surface area (Å²) in [5.74, 6) is -5.04. The number of fused-ring (bicyclic) bond motifs is 1. The van der Waals surface area contributed by atoms with Crippen molar-refractivity contribution in [2.75, 3.05) is 6.61 Å². The van der Waals surface area contributed by atoms with Crippen LogP contribution in [0.25, 0.3) is 0 Å². The van der Waals surface area contributed by atoms with Crippen molar-refractivity contribution in [2.24, 2.45) is 0 Å². The zero-order chi connectivity index (χ0) is 24.6. The molecule has 34 heavy (non-hydrogen) atoms. The molecule has 6 nitrogen and oxygen atoms in total. The van der Waals surface area contributed by atoms with E-state index in [1.165, 1.54) is 30.3 Å². The number of sulfonamides is 1. The minimum atomic E-state index is -4.59. The second kappa shape index (κ2) is 8.98. The van der Waals surface area contributed by atoms with E-state index < -0.39 is 51.1 Å². The van der Waals surface area contributed by atoms with Crippen LogP contribution in [0.2, 0.25) is 0 Å². The first kappa shape index (κ1) is 23.6. The Morgan fingerprint density at radius 3 is 2.35 bits per heavy atom. The van der Waals surface area contributed by atoms with Crippen molar-refractivity contribution in [1.29, 1.82) is 0 Å². The average Bonchev–Trinajstić information content (AvgIpc) is 2.80. The van der Waals surface area contributed by atoms with Crippen molar-refractivity contribution in [3.8, 4) is 0 Å². The number of nitrogens with zero attached hydrogens (tertiary/aromatic N) is 1. The highest BCUT2D eigenvalue weighted by atomic mass is 32.2. The summed E-state index contributed by atoms with van der Waals surface area (Å²) >= 11 is 0. The van der Waals surface area contributed by atoms with Gasteiger partial charge in [-0.05, 0) is 55.8 Å². The Hall–Kier alpha value is -3.59. The molecule has 0 radical (unpaired) electrons. The summed E-state index contributed by atoms with van der Waals surface area (Å²) in [6, 6.07) is 12.5. The molecule has 1 aliphatic heterocycles. The van der Waals surface area contributed by atoms with Crippen molar-refractivity contribution < 1.29 is 31.5 Å². The predicted molar refractivity (Wildman–Crippen MR) is 119 cm³/mol. The summed E-state index contributed by atoms with van der Waals surface area (Å²) in [5.41, 5.74) is 0.474. The van der Waals surface area contributed by atoms with Crippen LogP contribution in [0.3, 0.4) is 0 Å². The number of aryl methyl sites for hydroxylation is 1. The smallest absolute Gasteiger partial charge is 0.315 e. The Morgan fingerprint density at radius 1 is 1.00 bits per heavy atom. The van der Waals surface area contributed by atoms with Gasteiger partial charge in [-0.25, -0.2) is 21.5 Å². The molecule has 0 N–H and O–H groups in total. The molecule has 3 aromatic rings. The van der Waals surface area contributed by atoms with Crippen LogP contribution in [0.4, 0.5) is 8.78 Å². The van der Waals surface area contributed by atoms with Gasteiger partial charge in [-0.1, -0.05) is 35.9 Å². The van der Waals surface area contributed by atoms with E-state index in [1.54, 1.807) is 32.0 Å². The van der Waals surface area contributed by atoms with Crippen LogP contribution >= 0.6 is 0 Å². The Balaban J connectivity index is 2.04. The second-order valence-corrected chi connectivity index (χ2v) is 9.66. The first-order valence-corrected chi connectivity index (χ1v) is 12.0. The minimum Gasteiger partial charge on any atom is -0.465 e. The molecule has 4 rings (SSSR count). The third-order valence-corrected chi connectivity index (χ3v) is 7.47. The number of hydrogen-bond donors (Lipinski definition) is 0. The maximum absolute atomic E-state index is 15.0. The molecule has 3 aromatic carbocycles. The van der Waals surface area contributed by atoms with Crippen molar-refractivity contribution in [1.82, 2.24) is 4.31 Å². The maximum Gasteiger partial charge on any atom is 0.315 e. The highest BCUT2D eigenvalue weighted by Crippen LogP contribution is 2.46. The van der Waals surface area contributed by atoms with E-state index in [4.69, 9.17) is 4.74 Å². The van der Waals surface area contributed by atoms with Gasteiger partial charge < -0.3 is 4.74 Å². The maximum atomic E-state index is 15.0. The topological polar surface area (TPSA) is 80.8 Å². The molecule has 2 unspecified atom stereocenters. The van der Waals surface area contributed by atoms with E-state index >= 15 is 4.39 Å². The molecule has 0 saturated heterocycles. The first-order valence-electron chi connectivity index (χ1n) is 10.5. The second-order valence-electron chi connectivity index (χ2n) is 7.85. The van der Waals surface area contributed by atoms with Gasteiger partial charge in [0.2, 0.25) is 0 Å². The lowest BCUT2D eigenvalue weighted by atomic mass is 9.81. The third kappa shape index (κ3) is 3.96. The van der Waals surface area contributed by atoms with Gasteiger partial charge in [0.05, 0.1) is 17.5 Å². The lowest BCUT2D eigenvalue weighted by Gasteiger charge is -2.40. The summed E-state index contributed by atoms with van der Waals surface area (Å²) in [6.07, 6.45) is 0. The molecular formula is C25H21F2NO5S. The Morgan fingerprint density at radius 2 is 1.68 bits per heavy atom. The van der Waals surface area contributed by atoms with E-state index in [2.05, 4.69) is 0 Å². The van der Waals surface area contributed by atoms with Crippen molar-refractivity contribution in [2.45, 2.75) is 30.7 Å². The molecule has 0 bridgehead atoms. The zero-order valence-corrected chi connectivity index (χ0v) is 19.2. The van der Waals surface area contributed by atoms with Gasteiger partial charge >= 0.3 is 5.97 Å². The fourth-order valence-corrected chi connectivity index (χ4v) is 5.69. The highest BCUT2D eigenvalue weighted by molar-refractivity contribution is 7.89. The summed E-state index contributed by atoms with van der Waals surface area (Å²) in [7, 11) is -4.59. The molecular weight excluding hydrogens is 464 g/mol. The molecule has 0 spiro atoms. The van der Waals surface area contributed by atoms with E-state index in [9.17, 15) is 22.4 Å². The van der Waals surface area contributed by atoms with Gasteiger partial charge in [0.25, 0.3) is 15.9 Å². The number of amides is 1. The number of rotatable bonds is 5. The number of carbonyl (C=O) groups is 2. The average molecular weight is 486 g/mol. The fraction of sp³-hybridized carbons (Fsp3) is 0.200. The van der Waals surface area contributed by atoms with Crippen LogP contribution in [-0.4, -0.2) is 31.2 Å². The number of carbonyl (C=O) groups excluding carboxylic acids is 2. The van der Waals surface area contributed by atoms with Crippen molar-refractivity contribution in [3.05, 3.63) is 101 Å². The molecule has 0 fully saturated rings. The minimum absolute atomic E-state index is 0.0332. The molecule has 0 aliphatic carbocycles. The molecule has 0 aromatic heterocycles. The lowest BCUT2D eigenvalue weighted by Crippen LogP contribution is -2.48. The van der Waals surface area contributed by atoms with Gasteiger partial charge in [0.1, 0.15) is 17.6 Å². The number of hydrogen-bond acceptors (Lipinski definition) is 5. The molecule has 0 saturated carbocycles. The molecule has 9 heteroatoms. The molecule has 1 heterocycles. The van der Waals surface area contributed by atoms with E-state index in [0.29, 0.717) is 4.31 Å². The van der Waals surface area contributed by atoms with Crippen molar-refractivity contribution in [3.63, 3.8) is 0 Å². The SMILES string of the molecule is CCOC(=O)C1c2ccccc2C(=O)N(S(=O)(=O)c2ccc(C)cc2)C1c1cc(F)ccc1F. The van der Waals surface area contributed by atoms with Gasteiger partial charge in [-0.2, -0.15) is 0 Å². The summed E-state index contributed by atoms with van der Waals surface area (Å²) in [6.45, 7) is 3.30. The molecule has 176 valence electrons. The summed E-state index contributed by atoms with van der Waals surface area (Å²) in [5, 5.41) is 0. The first-order chi connectivity index (χ1) is 16.2. The van der Waals surface area contributed by atoms with Crippen LogP contribution in [0.1, 0.15) is 45.9 Å². The van der Waals surface area contributed by atoms with Gasteiger partial charge in [-0.3, -0.25) is 9.59 Å². The fourth-order valence-electron chi connectivity index (χ4n) is 4.13. The number of esters is 1. The Labute approximate surface area is 195 Å². The number of halogens is 2. The number of benzene rings is 3. The van der Waals surface area contributed by atoms with Crippen LogP contribution in [0.15, 0.2) is 71.6 Å². The summed E-state index contributed by atoms with van der Waals surface area (Å²) in [4.78, 5) is 26.5. The van der Waals surface area contributed by atoms with Crippen LogP contribution in [-0.2, 0) is 19.6 Å². The van der Waals surface area contributed by atoms with Gasteiger partial charge in [-0.15, -0.1) is 0 Å². The highest BCUT2D eigenvalue weighted by Gasteiger charge is 2.51. The Bertz CT molecular complexity index is 1370. The van der Waals surface area contributed by atoms with Crippen LogP contribution in [0.5, 0.6) is 0 Å². The van der Waals surface area contributed by atoms with Crippen LogP contribution < -0.4 is 0 Å². The van der Waals surface area contributed by atoms with E-state index in [-0.39, 0.29) is 22.6 Å². The predicted octanol–water partition coefficient (Wildman–Crippen LogP) is 4.51. The summed E-state index contributed by atoms with van der Waals surface area (Å²) < 4.78 is 62.5.